The molecule has 29 heavy (non-hydrogen) atoms. The molecule has 3 rings (SSSR count). The number of imide groups is 1. The molecule has 2 N–H and O–H groups in total. The lowest BCUT2D eigenvalue weighted by Crippen LogP contribution is -2.37. The number of nitrogens with zero attached hydrogens (tertiary/aromatic N) is 1. The van der Waals surface area contributed by atoms with E-state index < -0.39 is 25.0 Å². The minimum atomic E-state index is -0.820. The van der Waals surface area contributed by atoms with Crippen LogP contribution in [0, 0.1) is 11.8 Å². The molecule has 4 amide bonds. The third kappa shape index (κ3) is 4.61. The van der Waals surface area contributed by atoms with Crippen molar-refractivity contribution >= 4 is 35.3 Å². The molecule has 0 radical (unpaired) electrons. The van der Waals surface area contributed by atoms with E-state index in [4.69, 9.17) is 4.74 Å². The summed E-state index contributed by atoms with van der Waals surface area (Å²) in [5.74, 6) is -3.04. The van der Waals surface area contributed by atoms with E-state index in [-0.39, 0.29) is 29.6 Å². The minimum Gasteiger partial charge on any atom is -0.454 e. The molecule has 1 aliphatic heterocycles. The molecule has 0 spiro atoms. The number of carbonyl (C=O) groups excluding carboxylic acids is 5. The van der Waals surface area contributed by atoms with E-state index in [1.54, 1.807) is 18.2 Å². The zero-order chi connectivity index (χ0) is 21.0. The highest BCUT2D eigenvalue weighted by molar-refractivity contribution is 6.07. The van der Waals surface area contributed by atoms with Gasteiger partial charge in [-0.25, -0.2) is 0 Å². The zero-order valence-electron chi connectivity index (χ0n) is 16.1. The Bertz CT molecular complexity index is 828. The molecular weight excluding hydrogens is 378 g/mol. The number of anilines is 1. The van der Waals surface area contributed by atoms with Crippen LogP contribution < -0.4 is 10.6 Å². The van der Waals surface area contributed by atoms with E-state index in [0.29, 0.717) is 24.1 Å². The number of hydrogen-bond acceptors (Lipinski definition) is 6. The Hall–Kier alpha value is -3.23. The maximum Gasteiger partial charge on any atom is 0.326 e. The fourth-order valence-electron chi connectivity index (χ4n) is 3.79. The number of amides is 4. The molecule has 1 saturated heterocycles. The SMILES string of the molecule is CNC(=O)c1cccc(NC(=O)COC(=O)CN2C(=O)[C@@H]3CCCC[C@H]3C2=O)c1. The molecule has 2 atom stereocenters. The van der Waals surface area contributed by atoms with Gasteiger partial charge in [0, 0.05) is 18.3 Å². The molecule has 0 unspecified atom stereocenters. The van der Waals surface area contributed by atoms with Gasteiger partial charge in [-0.05, 0) is 31.0 Å². The van der Waals surface area contributed by atoms with Crippen LogP contribution in [0.2, 0.25) is 0 Å². The van der Waals surface area contributed by atoms with Gasteiger partial charge in [0.05, 0.1) is 11.8 Å². The number of benzene rings is 1. The third-order valence-electron chi connectivity index (χ3n) is 5.22. The molecule has 1 aliphatic carbocycles. The molecule has 9 heteroatoms. The third-order valence-corrected chi connectivity index (χ3v) is 5.22. The Kier molecular flexibility index (Phi) is 6.26. The summed E-state index contributed by atoms with van der Waals surface area (Å²) in [4.78, 5) is 61.3. The highest BCUT2D eigenvalue weighted by Gasteiger charge is 2.48. The first-order valence-electron chi connectivity index (χ1n) is 9.53. The largest absolute Gasteiger partial charge is 0.454 e. The molecule has 2 fully saturated rings. The second-order valence-electron chi connectivity index (χ2n) is 7.13. The zero-order valence-corrected chi connectivity index (χ0v) is 16.1. The first kappa shape index (κ1) is 20.5. The Morgan fingerprint density at radius 1 is 1.10 bits per heavy atom. The molecule has 9 nitrogen and oxygen atoms in total. The average molecular weight is 401 g/mol. The number of likely N-dealkylation sites (tertiary alicyclic amines) is 1. The summed E-state index contributed by atoms with van der Waals surface area (Å²) in [6.45, 7) is -1.05. The number of hydrogen-bond donors (Lipinski definition) is 2. The predicted molar refractivity (Wildman–Crippen MR) is 102 cm³/mol. The first-order chi connectivity index (χ1) is 13.9. The molecule has 1 saturated carbocycles. The van der Waals surface area contributed by atoms with Crippen LogP contribution in [0.25, 0.3) is 0 Å². The fourth-order valence-corrected chi connectivity index (χ4v) is 3.79. The number of esters is 1. The Morgan fingerprint density at radius 2 is 1.76 bits per heavy atom. The summed E-state index contributed by atoms with van der Waals surface area (Å²) >= 11 is 0. The van der Waals surface area contributed by atoms with E-state index in [2.05, 4.69) is 10.6 Å². The molecular formula is C20H23N3O6. The van der Waals surface area contributed by atoms with Gasteiger partial charge >= 0.3 is 5.97 Å². The second kappa shape index (κ2) is 8.85. The summed E-state index contributed by atoms with van der Waals surface area (Å²) in [6.07, 6.45) is 3.14. The van der Waals surface area contributed by atoms with Crippen molar-refractivity contribution in [2.45, 2.75) is 25.7 Å². The van der Waals surface area contributed by atoms with Gasteiger partial charge in [-0.15, -0.1) is 0 Å². The smallest absolute Gasteiger partial charge is 0.326 e. The molecule has 1 aromatic rings. The standard InChI is InChI=1S/C20H23N3O6/c1-21-18(26)12-5-4-6-13(9-12)22-16(24)11-29-17(25)10-23-19(27)14-7-2-3-8-15(14)20(23)28/h4-6,9,14-15H,2-3,7-8,10-11H2,1H3,(H,21,26)(H,22,24)/t14-,15-/m1/s1. The van der Waals surface area contributed by atoms with Gasteiger partial charge in [-0.3, -0.25) is 28.9 Å². The van der Waals surface area contributed by atoms with Gasteiger partial charge in [0.2, 0.25) is 11.8 Å². The van der Waals surface area contributed by atoms with E-state index in [1.807, 2.05) is 0 Å². The van der Waals surface area contributed by atoms with Gasteiger partial charge < -0.3 is 15.4 Å². The van der Waals surface area contributed by atoms with E-state index in [0.717, 1.165) is 17.7 Å². The van der Waals surface area contributed by atoms with Crippen LogP contribution in [-0.2, 0) is 23.9 Å². The highest BCUT2D eigenvalue weighted by Crippen LogP contribution is 2.37. The number of rotatable bonds is 6. The molecule has 1 heterocycles. The summed E-state index contributed by atoms with van der Waals surface area (Å²) in [6, 6.07) is 6.28. The van der Waals surface area contributed by atoms with Crippen molar-refractivity contribution in [3.05, 3.63) is 29.8 Å². The number of nitrogens with one attached hydrogen (secondary N) is 2. The number of fused-ring (bicyclic) bond motifs is 1. The van der Waals surface area contributed by atoms with E-state index in [9.17, 15) is 24.0 Å². The quantitative estimate of drug-likeness (QED) is 0.535. The van der Waals surface area contributed by atoms with Crippen LogP contribution in [0.4, 0.5) is 5.69 Å². The van der Waals surface area contributed by atoms with Gasteiger partial charge in [0.1, 0.15) is 6.54 Å². The van der Waals surface area contributed by atoms with Crippen LogP contribution >= 0.6 is 0 Å². The molecule has 0 bridgehead atoms. The number of ether oxygens (including phenoxy) is 1. The van der Waals surface area contributed by atoms with Crippen LogP contribution in [0.3, 0.4) is 0 Å². The van der Waals surface area contributed by atoms with Crippen LogP contribution in [-0.4, -0.2) is 54.7 Å². The average Bonchev–Trinajstić information content (AvgIpc) is 2.97. The molecule has 2 aliphatic rings. The summed E-state index contributed by atoms with van der Waals surface area (Å²) < 4.78 is 4.91. The maximum atomic E-state index is 12.4. The van der Waals surface area contributed by atoms with Gasteiger partial charge in [-0.2, -0.15) is 0 Å². The van der Waals surface area contributed by atoms with Crippen molar-refractivity contribution in [3.63, 3.8) is 0 Å². The monoisotopic (exact) mass is 401 g/mol. The lowest BCUT2D eigenvalue weighted by molar-refractivity contribution is -0.154. The van der Waals surface area contributed by atoms with Crippen molar-refractivity contribution in [1.82, 2.24) is 10.2 Å². The van der Waals surface area contributed by atoms with E-state index >= 15 is 0 Å². The van der Waals surface area contributed by atoms with Crippen LogP contribution in [0.15, 0.2) is 24.3 Å². The lowest BCUT2D eigenvalue weighted by atomic mass is 9.81. The fraction of sp³-hybridized carbons (Fsp3) is 0.450. The second-order valence-corrected chi connectivity index (χ2v) is 7.13. The Balaban J connectivity index is 1.49. The van der Waals surface area contributed by atoms with Gasteiger partial charge in [0.25, 0.3) is 11.8 Å². The minimum absolute atomic E-state index is 0.298. The van der Waals surface area contributed by atoms with Crippen molar-refractivity contribution in [3.8, 4) is 0 Å². The van der Waals surface area contributed by atoms with Crippen molar-refractivity contribution in [2.75, 3.05) is 25.5 Å². The molecule has 0 aromatic heterocycles. The predicted octanol–water partition coefficient (Wildman–Crippen LogP) is 0.703. The van der Waals surface area contributed by atoms with Gasteiger partial charge in [0.15, 0.2) is 6.61 Å². The molecule has 154 valence electrons. The summed E-state index contributed by atoms with van der Waals surface area (Å²) in [5.41, 5.74) is 0.746. The Labute approximate surface area is 167 Å². The number of carbonyl (C=O) groups is 5. The topological polar surface area (TPSA) is 122 Å². The summed E-state index contributed by atoms with van der Waals surface area (Å²) in [7, 11) is 1.50. The van der Waals surface area contributed by atoms with Crippen LogP contribution in [0.5, 0.6) is 0 Å². The summed E-state index contributed by atoms with van der Waals surface area (Å²) in [5, 5.41) is 5.01. The normalized spacial score (nSPS) is 20.8. The van der Waals surface area contributed by atoms with Crippen molar-refractivity contribution < 1.29 is 28.7 Å². The Morgan fingerprint density at radius 3 is 2.38 bits per heavy atom. The first-order valence-corrected chi connectivity index (χ1v) is 9.53. The van der Waals surface area contributed by atoms with Crippen molar-refractivity contribution in [1.29, 1.82) is 0 Å². The van der Waals surface area contributed by atoms with E-state index in [1.165, 1.54) is 13.1 Å². The maximum absolute atomic E-state index is 12.4. The lowest BCUT2D eigenvalue weighted by Gasteiger charge is -2.19. The van der Waals surface area contributed by atoms with Gasteiger partial charge in [-0.1, -0.05) is 18.9 Å². The molecule has 1 aromatic carbocycles. The van der Waals surface area contributed by atoms with Crippen LogP contribution in [0.1, 0.15) is 36.0 Å². The highest BCUT2D eigenvalue weighted by atomic mass is 16.5. The van der Waals surface area contributed by atoms with Crippen molar-refractivity contribution in [2.24, 2.45) is 11.8 Å².